The Kier molecular flexibility index (Phi) is 3.69. The predicted molar refractivity (Wildman–Crippen MR) is 87.5 cm³/mol. The molecule has 1 aromatic heterocycles. The van der Waals surface area contributed by atoms with Crippen molar-refractivity contribution in [3.8, 4) is 0 Å². The van der Waals surface area contributed by atoms with Crippen molar-refractivity contribution >= 4 is 39.9 Å². The van der Waals surface area contributed by atoms with Crippen molar-refractivity contribution in [1.29, 1.82) is 0 Å². The molecule has 0 bridgehead atoms. The molecule has 5 heteroatoms. The third-order valence-electron chi connectivity index (χ3n) is 3.34. The molecule has 2 N–H and O–H groups in total. The molecule has 0 aliphatic rings. The molecule has 0 fully saturated rings. The maximum absolute atomic E-state index is 12.7. The number of benzene rings is 2. The molecule has 1 amide bonds. The van der Waals surface area contributed by atoms with Crippen LogP contribution >= 0.6 is 11.6 Å². The number of hydrogen-bond acceptors (Lipinski definition) is 2. The van der Waals surface area contributed by atoms with Crippen molar-refractivity contribution in [1.82, 2.24) is 4.98 Å². The fourth-order valence-corrected chi connectivity index (χ4v) is 2.68. The third-order valence-corrected chi connectivity index (χ3v) is 3.65. The summed E-state index contributed by atoms with van der Waals surface area (Å²) in [6.45, 7) is 1.40. The Morgan fingerprint density at radius 2 is 1.77 bits per heavy atom. The second-order valence-corrected chi connectivity index (χ2v) is 5.32. The zero-order chi connectivity index (χ0) is 15.7. The highest BCUT2D eigenvalue weighted by Gasteiger charge is 2.21. The van der Waals surface area contributed by atoms with Gasteiger partial charge in [-0.15, -0.1) is 0 Å². The first-order valence-corrected chi connectivity index (χ1v) is 7.13. The van der Waals surface area contributed by atoms with Gasteiger partial charge in [-0.25, -0.2) is 0 Å². The van der Waals surface area contributed by atoms with E-state index in [9.17, 15) is 9.59 Å². The Bertz CT molecular complexity index is 869. The zero-order valence-electron chi connectivity index (χ0n) is 11.8. The van der Waals surface area contributed by atoms with Crippen molar-refractivity contribution in [2.75, 3.05) is 5.32 Å². The topological polar surface area (TPSA) is 62.0 Å². The molecule has 0 unspecified atom stereocenters. The number of ketones is 1. The van der Waals surface area contributed by atoms with Gasteiger partial charge in [0.05, 0.1) is 10.7 Å². The highest BCUT2D eigenvalue weighted by molar-refractivity contribution is 6.37. The molecule has 0 aliphatic heterocycles. The third kappa shape index (κ3) is 2.49. The van der Waals surface area contributed by atoms with Crippen LogP contribution in [0, 0.1) is 0 Å². The summed E-state index contributed by atoms with van der Waals surface area (Å²) >= 11 is 6.23. The fourth-order valence-electron chi connectivity index (χ4n) is 2.41. The number of amides is 1. The van der Waals surface area contributed by atoms with Crippen LogP contribution in [0.2, 0.25) is 5.02 Å². The van der Waals surface area contributed by atoms with E-state index in [-0.39, 0.29) is 11.7 Å². The van der Waals surface area contributed by atoms with Crippen LogP contribution in [-0.4, -0.2) is 16.7 Å². The lowest BCUT2D eigenvalue weighted by atomic mass is 10.1. The number of aromatic nitrogens is 1. The van der Waals surface area contributed by atoms with E-state index >= 15 is 0 Å². The van der Waals surface area contributed by atoms with Gasteiger partial charge in [-0.2, -0.15) is 0 Å². The van der Waals surface area contributed by atoms with E-state index in [4.69, 9.17) is 11.6 Å². The minimum Gasteiger partial charge on any atom is -0.350 e. The summed E-state index contributed by atoms with van der Waals surface area (Å²) in [5.41, 5.74) is 1.98. The molecule has 0 spiro atoms. The van der Waals surface area contributed by atoms with Gasteiger partial charge in [-0.1, -0.05) is 48.0 Å². The summed E-state index contributed by atoms with van der Waals surface area (Å²) in [6.07, 6.45) is 0. The SMILES string of the molecule is CC(=O)Nc1c(C(=O)c2ccccc2)[nH]c2cccc(Cl)c12. The first-order valence-electron chi connectivity index (χ1n) is 6.75. The maximum atomic E-state index is 12.7. The molecule has 0 saturated heterocycles. The highest BCUT2D eigenvalue weighted by atomic mass is 35.5. The van der Waals surface area contributed by atoms with Gasteiger partial charge in [0.1, 0.15) is 5.69 Å². The van der Waals surface area contributed by atoms with Gasteiger partial charge in [0.2, 0.25) is 11.7 Å². The predicted octanol–water partition coefficient (Wildman–Crippen LogP) is 4.01. The van der Waals surface area contributed by atoms with E-state index in [1.165, 1.54) is 6.92 Å². The molecule has 3 aromatic rings. The van der Waals surface area contributed by atoms with Crippen LogP contribution in [0.5, 0.6) is 0 Å². The summed E-state index contributed by atoms with van der Waals surface area (Å²) < 4.78 is 0. The van der Waals surface area contributed by atoms with E-state index in [1.807, 2.05) is 12.1 Å². The Morgan fingerprint density at radius 1 is 1.05 bits per heavy atom. The van der Waals surface area contributed by atoms with Crippen LogP contribution in [0.4, 0.5) is 5.69 Å². The lowest BCUT2D eigenvalue weighted by Crippen LogP contribution is -2.11. The van der Waals surface area contributed by atoms with Gasteiger partial charge in [0.25, 0.3) is 0 Å². The number of carbonyl (C=O) groups excluding carboxylic acids is 2. The molecule has 0 atom stereocenters. The van der Waals surface area contributed by atoms with Crippen LogP contribution in [0.3, 0.4) is 0 Å². The number of halogens is 1. The molecule has 22 heavy (non-hydrogen) atoms. The second-order valence-electron chi connectivity index (χ2n) is 4.91. The Balaban J connectivity index is 2.22. The molecular weight excluding hydrogens is 300 g/mol. The van der Waals surface area contributed by atoms with E-state index in [0.717, 1.165) is 0 Å². The molecule has 2 aromatic carbocycles. The summed E-state index contributed by atoms with van der Waals surface area (Å²) in [5.74, 6) is -0.459. The quantitative estimate of drug-likeness (QED) is 0.718. The minimum atomic E-state index is -0.261. The van der Waals surface area contributed by atoms with Crippen molar-refractivity contribution < 1.29 is 9.59 Å². The minimum absolute atomic E-state index is 0.198. The van der Waals surface area contributed by atoms with Gasteiger partial charge in [0, 0.05) is 23.4 Å². The van der Waals surface area contributed by atoms with Crippen molar-refractivity contribution in [2.45, 2.75) is 6.92 Å². The smallest absolute Gasteiger partial charge is 0.221 e. The molecule has 110 valence electrons. The monoisotopic (exact) mass is 312 g/mol. The standard InChI is InChI=1S/C17H13ClN2O2/c1-10(21)19-15-14-12(18)8-5-9-13(14)20-16(15)17(22)11-6-3-2-4-7-11/h2-9,20H,1H3,(H,19,21). The summed E-state index contributed by atoms with van der Waals surface area (Å²) in [4.78, 5) is 27.3. The average Bonchev–Trinajstić information content (AvgIpc) is 2.87. The second kappa shape index (κ2) is 5.66. The van der Waals surface area contributed by atoms with Crippen LogP contribution in [-0.2, 0) is 4.79 Å². The Morgan fingerprint density at radius 3 is 2.45 bits per heavy atom. The molecule has 4 nitrogen and oxygen atoms in total. The van der Waals surface area contributed by atoms with Crippen molar-refractivity contribution in [3.63, 3.8) is 0 Å². The van der Waals surface area contributed by atoms with Gasteiger partial charge < -0.3 is 10.3 Å². The van der Waals surface area contributed by atoms with E-state index in [0.29, 0.717) is 32.9 Å². The average molecular weight is 313 g/mol. The lowest BCUT2D eigenvalue weighted by Gasteiger charge is -2.05. The van der Waals surface area contributed by atoms with Gasteiger partial charge in [-0.05, 0) is 12.1 Å². The lowest BCUT2D eigenvalue weighted by molar-refractivity contribution is -0.114. The number of H-pyrrole nitrogens is 1. The number of carbonyl (C=O) groups is 2. The number of nitrogens with one attached hydrogen (secondary N) is 2. The summed E-state index contributed by atoms with van der Waals surface area (Å²) in [7, 11) is 0. The summed E-state index contributed by atoms with van der Waals surface area (Å²) in [5, 5.41) is 3.83. The van der Waals surface area contributed by atoms with Crippen LogP contribution < -0.4 is 5.32 Å². The molecule has 0 aliphatic carbocycles. The Hall–Kier alpha value is -2.59. The van der Waals surface area contributed by atoms with Gasteiger partial charge >= 0.3 is 0 Å². The molecule has 0 radical (unpaired) electrons. The molecule has 0 saturated carbocycles. The highest BCUT2D eigenvalue weighted by Crippen LogP contribution is 2.34. The van der Waals surface area contributed by atoms with E-state index in [2.05, 4.69) is 10.3 Å². The Labute approximate surface area is 132 Å². The molecule has 1 heterocycles. The first-order chi connectivity index (χ1) is 10.6. The first kappa shape index (κ1) is 14.4. The van der Waals surface area contributed by atoms with Crippen molar-refractivity contribution in [2.24, 2.45) is 0 Å². The maximum Gasteiger partial charge on any atom is 0.221 e. The van der Waals surface area contributed by atoms with Crippen LogP contribution in [0.15, 0.2) is 48.5 Å². The number of hydrogen-bond donors (Lipinski definition) is 2. The number of rotatable bonds is 3. The zero-order valence-corrected chi connectivity index (χ0v) is 12.6. The van der Waals surface area contributed by atoms with Gasteiger partial charge in [0.15, 0.2) is 0 Å². The van der Waals surface area contributed by atoms with Gasteiger partial charge in [-0.3, -0.25) is 9.59 Å². The molecular formula is C17H13ClN2O2. The van der Waals surface area contributed by atoms with E-state index in [1.54, 1.807) is 36.4 Å². The summed E-state index contributed by atoms with van der Waals surface area (Å²) in [6, 6.07) is 14.2. The number of aromatic amines is 1. The normalized spacial score (nSPS) is 10.6. The van der Waals surface area contributed by atoms with Crippen LogP contribution in [0.1, 0.15) is 23.0 Å². The fraction of sp³-hybridized carbons (Fsp3) is 0.0588. The number of anilines is 1. The van der Waals surface area contributed by atoms with Crippen molar-refractivity contribution in [3.05, 3.63) is 64.8 Å². The molecule has 3 rings (SSSR count). The van der Waals surface area contributed by atoms with E-state index < -0.39 is 0 Å². The van der Waals surface area contributed by atoms with Crippen LogP contribution in [0.25, 0.3) is 10.9 Å². The largest absolute Gasteiger partial charge is 0.350 e. The number of fused-ring (bicyclic) bond motifs is 1.